The summed E-state index contributed by atoms with van der Waals surface area (Å²) in [6.45, 7) is 3.02. The molecule has 168 valence electrons. The lowest BCUT2D eigenvalue weighted by Gasteiger charge is -2.22. The lowest BCUT2D eigenvalue weighted by molar-refractivity contribution is -0.133. The molecule has 2 N–H and O–H groups in total. The molecule has 4 rings (SSSR count). The van der Waals surface area contributed by atoms with Crippen LogP contribution in [0, 0.1) is 0 Å². The average Bonchev–Trinajstić information content (AvgIpc) is 3.47. The summed E-state index contributed by atoms with van der Waals surface area (Å²) in [5.41, 5.74) is 0.407. The molecule has 2 aliphatic rings. The van der Waals surface area contributed by atoms with E-state index in [2.05, 4.69) is 10.6 Å². The maximum Gasteiger partial charge on any atom is 0.341 e. The smallest absolute Gasteiger partial charge is 0.341 e. The molecule has 4 amide bonds. The number of nitrogens with one attached hydrogen (secondary N) is 2. The van der Waals surface area contributed by atoms with Crippen molar-refractivity contribution in [2.75, 3.05) is 18.5 Å². The van der Waals surface area contributed by atoms with Crippen LogP contribution in [0.4, 0.5) is 9.80 Å². The largest absolute Gasteiger partial charge is 0.462 e. The van der Waals surface area contributed by atoms with Crippen LogP contribution in [0.1, 0.15) is 54.1 Å². The second kappa shape index (κ2) is 8.55. The first-order chi connectivity index (χ1) is 15.2. The minimum Gasteiger partial charge on any atom is -0.462 e. The number of ether oxygens (including phenoxy) is 1. The number of anilines is 1. The van der Waals surface area contributed by atoms with Crippen molar-refractivity contribution in [1.29, 1.82) is 0 Å². The van der Waals surface area contributed by atoms with E-state index in [0.29, 0.717) is 27.1 Å². The first-order valence-electron chi connectivity index (χ1n) is 10.2. The highest BCUT2D eigenvalue weighted by Crippen LogP contribution is 2.46. The molecular formula is C22H22ClN3O5S. The first-order valence-corrected chi connectivity index (χ1v) is 11.5. The van der Waals surface area contributed by atoms with Crippen LogP contribution in [0.5, 0.6) is 0 Å². The Morgan fingerprint density at radius 1 is 1.34 bits per heavy atom. The number of hydrogen-bond donors (Lipinski definition) is 2. The number of carbonyl (C=O) groups excluding carboxylic acids is 4. The number of amides is 4. The predicted molar refractivity (Wildman–Crippen MR) is 120 cm³/mol. The highest BCUT2D eigenvalue weighted by molar-refractivity contribution is 7.15. The van der Waals surface area contributed by atoms with Crippen molar-refractivity contribution >= 4 is 51.8 Å². The Bertz CT molecular complexity index is 1110. The number of thiophene rings is 1. The van der Waals surface area contributed by atoms with Crippen LogP contribution in [-0.2, 0) is 19.9 Å². The molecule has 1 unspecified atom stereocenters. The number of nitrogens with zero attached hydrogens (tertiary/aromatic N) is 1. The van der Waals surface area contributed by atoms with Gasteiger partial charge in [-0.25, -0.2) is 9.59 Å². The van der Waals surface area contributed by atoms with E-state index in [1.165, 1.54) is 11.3 Å². The first kappa shape index (κ1) is 22.3. The molecule has 1 saturated heterocycles. The van der Waals surface area contributed by atoms with E-state index in [4.69, 9.17) is 16.3 Å². The maximum absolute atomic E-state index is 13.0. The van der Waals surface area contributed by atoms with Crippen molar-refractivity contribution in [1.82, 2.24) is 10.2 Å². The molecule has 0 bridgehead atoms. The Labute approximate surface area is 193 Å². The molecule has 10 heteroatoms. The molecule has 1 aromatic heterocycles. The van der Waals surface area contributed by atoms with Crippen LogP contribution in [0.2, 0.25) is 5.02 Å². The fraction of sp³-hybridized carbons (Fsp3) is 0.364. The molecule has 8 nitrogen and oxygen atoms in total. The monoisotopic (exact) mass is 475 g/mol. The second-order valence-corrected chi connectivity index (χ2v) is 9.21. The molecular weight excluding hydrogens is 454 g/mol. The van der Waals surface area contributed by atoms with Crippen LogP contribution in [0.15, 0.2) is 29.6 Å². The molecule has 1 aliphatic heterocycles. The van der Waals surface area contributed by atoms with Gasteiger partial charge in [0.05, 0.1) is 12.2 Å². The Morgan fingerprint density at radius 2 is 2.09 bits per heavy atom. The Kier molecular flexibility index (Phi) is 5.96. The third-order valence-electron chi connectivity index (χ3n) is 5.55. The zero-order valence-corrected chi connectivity index (χ0v) is 19.1. The Hall–Kier alpha value is -2.91. The van der Waals surface area contributed by atoms with Gasteiger partial charge >= 0.3 is 12.0 Å². The lowest BCUT2D eigenvalue weighted by Crippen LogP contribution is -2.42. The number of benzene rings is 1. The summed E-state index contributed by atoms with van der Waals surface area (Å²) < 4.78 is 5.16. The van der Waals surface area contributed by atoms with Crippen molar-refractivity contribution in [2.45, 2.75) is 38.1 Å². The van der Waals surface area contributed by atoms with Crippen molar-refractivity contribution in [3.05, 3.63) is 51.4 Å². The van der Waals surface area contributed by atoms with Crippen molar-refractivity contribution < 1.29 is 23.9 Å². The maximum atomic E-state index is 13.0. The van der Waals surface area contributed by atoms with E-state index in [0.717, 1.165) is 23.3 Å². The number of imide groups is 1. The molecule has 1 saturated carbocycles. The number of hydrogen-bond acceptors (Lipinski definition) is 6. The summed E-state index contributed by atoms with van der Waals surface area (Å²) in [6.07, 6.45) is 1.97. The van der Waals surface area contributed by atoms with Gasteiger partial charge in [-0.1, -0.05) is 23.7 Å². The van der Waals surface area contributed by atoms with Gasteiger partial charge < -0.3 is 15.4 Å². The molecule has 1 aromatic carbocycles. The van der Waals surface area contributed by atoms with Crippen LogP contribution in [0.25, 0.3) is 0 Å². The number of rotatable bonds is 7. The topological polar surface area (TPSA) is 105 Å². The standard InChI is InChI=1S/C22H22ClN3O5S/c1-3-31-19(28)17-15(12-7-8-12)11-32-18(17)24-16(27)10-26-20(29)22(2,25-21(26)30)13-5-4-6-14(23)9-13/h4-6,9,11-12H,3,7-8,10H2,1-2H3,(H,24,27)(H,25,30). The van der Waals surface area contributed by atoms with Gasteiger partial charge in [-0.3, -0.25) is 14.5 Å². The zero-order valence-electron chi connectivity index (χ0n) is 17.6. The van der Waals surface area contributed by atoms with E-state index in [-0.39, 0.29) is 6.61 Å². The highest BCUT2D eigenvalue weighted by Gasteiger charge is 2.49. The number of urea groups is 1. The minimum atomic E-state index is -1.33. The summed E-state index contributed by atoms with van der Waals surface area (Å²) in [5, 5.41) is 7.96. The van der Waals surface area contributed by atoms with Gasteiger partial charge in [-0.15, -0.1) is 11.3 Å². The summed E-state index contributed by atoms with van der Waals surface area (Å²) in [6, 6.07) is 5.95. The van der Waals surface area contributed by atoms with E-state index >= 15 is 0 Å². The number of halogens is 1. The van der Waals surface area contributed by atoms with Gasteiger partial charge in [0.25, 0.3) is 5.91 Å². The van der Waals surface area contributed by atoms with Gasteiger partial charge in [0.15, 0.2) is 0 Å². The molecule has 1 aliphatic carbocycles. The Balaban J connectivity index is 1.51. The average molecular weight is 476 g/mol. The van der Waals surface area contributed by atoms with Crippen LogP contribution in [-0.4, -0.2) is 41.9 Å². The fourth-order valence-electron chi connectivity index (χ4n) is 3.72. The van der Waals surface area contributed by atoms with Crippen LogP contribution >= 0.6 is 22.9 Å². The predicted octanol–water partition coefficient (Wildman–Crippen LogP) is 3.86. The van der Waals surface area contributed by atoms with Gasteiger partial charge in [0.1, 0.15) is 17.1 Å². The number of carbonyl (C=O) groups is 4. The molecule has 32 heavy (non-hydrogen) atoms. The van der Waals surface area contributed by atoms with Gasteiger partial charge in [-0.05, 0) is 61.2 Å². The summed E-state index contributed by atoms with van der Waals surface area (Å²) in [4.78, 5) is 51.6. The quantitative estimate of drug-likeness (QED) is 0.467. The minimum absolute atomic E-state index is 0.219. The normalized spacial score (nSPS) is 20.3. The van der Waals surface area contributed by atoms with Crippen molar-refractivity contribution in [3.63, 3.8) is 0 Å². The van der Waals surface area contributed by atoms with Crippen LogP contribution < -0.4 is 10.6 Å². The van der Waals surface area contributed by atoms with Crippen molar-refractivity contribution in [3.8, 4) is 0 Å². The van der Waals surface area contributed by atoms with Crippen LogP contribution in [0.3, 0.4) is 0 Å². The van der Waals surface area contributed by atoms with Gasteiger partial charge in [0, 0.05) is 5.02 Å². The molecule has 1 atom stereocenters. The van der Waals surface area contributed by atoms with Gasteiger partial charge in [0.2, 0.25) is 5.91 Å². The zero-order chi connectivity index (χ0) is 23.0. The summed E-state index contributed by atoms with van der Waals surface area (Å²) in [7, 11) is 0. The number of esters is 1. The van der Waals surface area contributed by atoms with E-state index < -0.39 is 35.9 Å². The fourth-order valence-corrected chi connectivity index (χ4v) is 4.95. The lowest BCUT2D eigenvalue weighted by atomic mass is 9.92. The third kappa shape index (κ3) is 4.10. The molecule has 2 aromatic rings. The van der Waals surface area contributed by atoms with Gasteiger partial charge in [-0.2, -0.15) is 0 Å². The molecule has 0 spiro atoms. The highest BCUT2D eigenvalue weighted by atomic mass is 35.5. The summed E-state index contributed by atoms with van der Waals surface area (Å²) >= 11 is 7.27. The second-order valence-electron chi connectivity index (χ2n) is 7.89. The van der Waals surface area contributed by atoms with E-state index in [9.17, 15) is 19.2 Å². The summed E-state index contributed by atoms with van der Waals surface area (Å²) in [5.74, 6) is -1.34. The Morgan fingerprint density at radius 3 is 2.75 bits per heavy atom. The SMILES string of the molecule is CCOC(=O)c1c(C2CC2)csc1NC(=O)CN1C(=O)NC(C)(c2cccc(Cl)c2)C1=O. The van der Waals surface area contributed by atoms with Crippen molar-refractivity contribution in [2.24, 2.45) is 0 Å². The van der Waals surface area contributed by atoms with E-state index in [1.54, 1.807) is 38.1 Å². The third-order valence-corrected chi connectivity index (χ3v) is 6.70. The molecule has 2 fully saturated rings. The molecule has 2 heterocycles. The van der Waals surface area contributed by atoms with E-state index in [1.807, 2.05) is 5.38 Å². The molecule has 0 radical (unpaired) electrons.